The molecule has 0 saturated carbocycles. The molecule has 0 aliphatic rings. The molecule has 1 heterocycles. The van der Waals surface area contributed by atoms with Crippen molar-refractivity contribution in [3.8, 4) is 0 Å². The molecule has 0 spiro atoms. The second-order valence-corrected chi connectivity index (χ2v) is 3.56. The molecule has 0 amide bonds. The molecule has 2 N–H and O–H groups in total. The van der Waals surface area contributed by atoms with Crippen LogP contribution in [0, 0.1) is 0 Å². The number of hydrogen-bond donors (Lipinski definition) is 1. The summed E-state index contributed by atoms with van der Waals surface area (Å²) < 4.78 is 2.52. The number of nitrogens with zero attached hydrogens (tertiary/aromatic N) is 2. The fourth-order valence-corrected chi connectivity index (χ4v) is 1.30. The average Bonchev–Trinajstić information content (AvgIpc) is 2.10. The molecule has 0 aromatic carbocycles. The minimum absolute atomic E-state index is 0.0623. The zero-order valence-corrected chi connectivity index (χ0v) is 8.65. The first-order valence-electron chi connectivity index (χ1n) is 4.45. The summed E-state index contributed by atoms with van der Waals surface area (Å²) in [4.78, 5) is 22.8. The Hall–Kier alpha value is -1.36. The lowest BCUT2D eigenvalue weighted by Crippen LogP contribution is -2.39. The van der Waals surface area contributed by atoms with Crippen LogP contribution in [0.25, 0.3) is 0 Å². The highest BCUT2D eigenvalue weighted by molar-refractivity contribution is 5.03. The van der Waals surface area contributed by atoms with E-state index in [0.29, 0.717) is 12.1 Å². The average molecular weight is 197 g/mol. The lowest BCUT2D eigenvalue weighted by Gasteiger charge is -2.10. The molecular formula is C9H15N3O2. The lowest BCUT2D eigenvalue weighted by molar-refractivity contribution is 0.617. The van der Waals surface area contributed by atoms with Gasteiger partial charge in [-0.2, -0.15) is 0 Å². The molecular weight excluding hydrogens is 182 g/mol. The third kappa shape index (κ3) is 1.93. The zero-order chi connectivity index (χ0) is 10.9. The van der Waals surface area contributed by atoms with Gasteiger partial charge in [-0.1, -0.05) is 0 Å². The molecule has 0 saturated heterocycles. The van der Waals surface area contributed by atoms with Gasteiger partial charge in [-0.3, -0.25) is 9.36 Å². The van der Waals surface area contributed by atoms with E-state index in [2.05, 4.69) is 0 Å². The highest BCUT2D eigenvalue weighted by Gasteiger charge is 2.06. The van der Waals surface area contributed by atoms with E-state index < -0.39 is 0 Å². The Morgan fingerprint density at radius 2 is 1.93 bits per heavy atom. The molecule has 0 aliphatic carbocycles. The van der Waals surface area contributed by atoms with Gasteiger partial charge in [0.2, 0.25) is 0 Å². The van der Waals surface area contributed by atoms with Crippen molar-refractivity contribution in [3.63, 3.8) is 0 Å². The van der Waals surface area contributed by atoms with Crippen LogP contribution in [0.15, 0.2) is 15.7 Å². The molecule has 5 nitrogen and oxygen atoms in total. The lowest BCUT2D eigenvalue weighted by atomic mass is 10.2. The number of rotatable bonds is 2. The Morgan fingerprint density at radius 1 is 1.36 bits per heavy atom. The summed E-state index contributed by atoms with van der Waals surface area (Å²) in [6, 6.07) is 1.39. The van der Waals surface area contributed by atoms with E-state index in [1.165, 1.54) is 17.7 Å². The highest BCUT2D eigenvalue weighted by atomic mass is 16.2. The molecule has 14 heavy (non-hydrogen) atoms. The van der Waals surface area contributed by atoms with Gasteiger partial charge in [0.25, 0.3) is 5.56 Å². The van der Waals surface area contributed by atoms with Crippen LogP contribution in [0.1, 0.15) is 12.6 Å². The van der Waals surface area contributed by atoms with E-state index in [1.807, 2.05) is 6.92 Å². The van der Waals surface area contributed by atoms with Crippen LogP contribution >= 0.6 is 0 Å². The van der Waals surface area contributed by atoms with Crippen LogP contribution in [-0.2, 0) is 20.5 Å². The third-order valence-electron chi connectivity index (χ3n) is 2.16. The van der Waals surface area contributed by atoms with Crippen molar-refractivity contribution in [2.75, 3.05) is 0 Å². The Morgan fingerprint density at radius 3 is 2.43 bits per heavy atom. The number of aromatic nitrogens is 2. The van der Waals surface area contributed by atoms with Gasteiger partial charge in [0.05, 0.1) is 0 Å². The predicted molar refractivity (Wildman–Crippen MR) is 54.3 cm³/mol. The first-order chi connectivity index (χ1) is 6.43. The molecule has 1 unspecified atom stereocenters. The molecule has 0 fully saturated rings. The van der Waals surface area contributed by atoms with Crippen molar-refractivity contribution in [3.05, 3.63) is 32.6 Å². The van der Waals surface area contributed by atoms with Crippen LogP contribution in [0.5, 0.6) is 0 Å². The summed E-state index contributed by atoms with van der Waals surface area (Å²) >= 11 is 0. The van der Waals surface area contributed by atoms with Crippen LogP contribution in [0.4, 0.5) is 0 Å². The minimum atomic E-state index is -0.312. The zero-order valence-electron chi connectivity index (χ0n) is 8.65. The van der Waals surface area contributed by atoms with Gasteiger partial charge in [-0.25, -0.2) is 4.79 Å². The highest BCUT2D eigenvalue weighted by Crippen LogP contribution is 1.94. The standard InChI is InChI=1S/C9H15N3O2/c1-6(10)4-7-5-8(13)12(3)9(14)11(7)2/h5-6H,4,10H2,1-3H3. The van der Waals surface area contributed by atoms with Crippen LogP contribution < -0.4 is 17.0 Å². The Balaban J connectivity index is 3.34. The van der Waals surface area contributed by atoms with Crippen LogP contribution in [0.2, 0.25) is 0 Å². The van der Waals surface area contributed by atoms with Gasteiger partial charge in [-0.05, 0) is 6.92 Å². The molecule has 1 aromatic heterocycles. The quantitative estimate of drug-likeness (QED) is 0.659. The van der Waals surface area contributed by atoms with Crippen LogP contribution in [-0.4, -0.2) is 15.2 Å². The van der Waals surface area contributed by atoms with Gasteiger partial charge >= 0.3 is 5.69 Å². The smallest absolute Gasteiger partial charge is 0.328 e. The Kier molecular flexibility index (Phi) is 2.90. The normalized spacial score (nSPS) is 12.9. The van der Waals surface area contributed by atoms with E-state index in [4.69, 9.17) is 5.73 Å². The summed E-state index contributed by atoms with van der Waals surface area (Å²) in [5, 5.41) is 0. The van der Waals surface area contributed by atoms with Crippen molar-refractivity contribution in [2.45, 2.75) is 19.4 Å². The number of hydrogen-bond acceptors (Lipinski definition) is 3. The van der Waals surface area contributed by atoms with Gasteiger partial charge in [-0.15, -0.1) is 0 Å². The van der Waals surface area contributed by atoms with Crippen LogP contribution in [0.3, 0.4) is 0 Å². The van der Waals surface area contributed by atoms with Crippen molar-refractivity contribution >= 4 is 0 Å². The van der Waals surface area contributed by atoms with Gasteiger partial charge in [0.15, 0.2) is 0 Å². The second-order valence-electron chi connectivity index (χ2n) is 3.56. The summed E-state index contributed by atoms with van der Waals surface area (Å²) in [7, 11) is 3.10. The maximum atomic E-state index is 11.5. The van der Waals surface area contributed by atoms with E-state index >= 15 is 0 Å². The van der Waals surface area contributed by atoms with E-state index in [9.17, 15) is 9.59 Å². The van der Waals surface area contributed by atoms with Crippen molar-refractivity contribution in [2.24, 2.45) is 19.8 Å². The molecule has 78 valence electrons. The largest absolute Gasteiger partial charge is 0.330 e. The second kappa shape index (κ2) is 3.79. The van der Waals surface area contributed by atoms with Gasteiger partial charge < -0.3 is 10.3 Å². The summed E-state index contributed by atoms with van der Waals surface area (Å²) in [5.41, 5.74) is 5.68. The minimum Gasteiger partial charge on any atom is -0.328 e. The monoisotopic (exact) mass is 197 g/mol. The summed E-state index contributed by atoms with van der Waals surface area (Å²) in [5.74, 6) is 0. The molecule has 5 heteroatoms. The van der Waals surface area contributed by atoms with E-state index in [0.717, 1.165) is 4.57 Å². The molecule has 1 rings (SSSR count). The molecule has 1 atom stereocenters. The summed E-state index contributed by atoms with van der Waals surface area (Å²) in [6.07, 6.45) is 0.530. The topological polar surface area (TPSA) is 70.0 Å². The number of nitrogens with two attached hydrogens (primary N) is 1. The molecule has 0 aliphatic heterocycles. The van der Waals surface area contributed by atoms with Crippen molar-refractivity contribution < 1.29 is 0 Å². The van der Waals surface area contributed by atoms with E-state index in [-0.39, 0.29) is 17.3 Å². The first kappa shape index (κ1) is 10.7. The maximum Gasteiger partial charge on any atom is 0.330 e. The maximum absolute atomic E-state index is 11.5. The van der Waals surface area contributed by atoms with Crippen molar-refractivity contribution in [1.29, 1.82) is 0 Å². The SMILES string of the molecule is CC(N)Cc1cc(=O)n(C)c(=O)n1C. The van der Waals surface area contributed by atoms with E-state index in [1.54, 1.807) is 7.05 Å². The summed E-state index contributed by atoms with van der Waals surface area (Å²) in [6.45, 7) is 1.84. The fraction of sp³-hybridized carbons (Fsp3) is 0.556. The van der Waals surface area contributed by atoms with Gasteiger partial charge in [0.1, 0.15) is 0 Å². The molecule has 1 aromatic rings. The molecule has 0 bridgehead atoms. The molecule has 0 radical (unpaired) electrons. The predicted octanol–water partition coefficient (Wildman–Crippen LogP) is -1.03. The fourth-order valence-electron chi connectivity index (χ4n) is 1.30. The Bertz CT molecular complexity index is 442. The third-order valence-corrected chi connectivity index (χ3v) is 2.16. The Labute approximate surface area is 81.8 Å². The van der Waals surface area contributed by atoms with Crippen molar-refractivity contribution in [1.82, 2.24) is 9.13 Å². The first-order valence-corrected chi connectivity index (χ1v) is 4.45. The van der Waals surface area contributed by atoms with Gasteiger partial charge in [0, 0.05) is 38.3 Å².